The molecule has 1 amide bonds. The van der Waals surface area contributed by atoms with Gasteiger partial charge in [0.15, 0.2) is 5.82 Å². The number of hydrogen-bond donors (Lipinski definition) is 1. The molecule has 1 aliphatic heterocycles. The number of nitrogens with zero attached hydrogens (tertiary/aromatic N) is 3. The van der Waals surface area contributed by atoms with E-state index in [4.69, 9.17) is 14.0 Å². The van der Waals surface area contributed by atoms with Gasteiger partial charge in [0.1, 0.15) is 0 Å². The van der Waals surface area contributed by atoms with Crippen LogP contribution in [0.4, 0.5) is 0 Å². The van der Waals surface area contributed by atoms with Crippen LogP contribution in [0.3, 0.4) is 0 Å². The van der Waals surface area contributed by atoms with Crippen molar-refractivity contribution >= 4 is 5.91 Å². The molecular formula is C16H20N4O4. The maximum absolute atomic E-state index is 12.0. The number of aryl methyl sites for hydroxylation is 1. The molecule has 2 aromatic heterocycles. The Kier molecular flexibility index (Phi) is 5.37. The summed E-state index contributed by atoms with van der Waals surface area (Å²) in [4.78, 5) is 20.2. The molecule has 1 fully saturated rings. The van der Waals surface area contributed by atoms with Crippen molar-refractivity contribution in [1.82, 2.24) is 20.4 Å². The SMILES string of the molecule is Cc1noc(CNC(=O)c2ccc(OCC3CCOCC3)nc2)n1. The van der Waals surface area contributed by atoms with E-state index < -0.39 is 0 Å². The van der Waals surface area contributed by atoms with Gasteiger partial charge in [-0.2, -0.15) is 4.98 Å². The van der Waals surface area contributed by atoms with Gasteiger partial charge in [-0.3, -0.25) is 4.79 Å². The average molecular weight is 332 g/mol. The summed E-state index contributed by atoms with van der Waals surface area (Å²) in [5.74, 6) is 1.67. The summed E-state index contributed by atoms with van der Waals surface area (Å²) in [6.07, 6.45) is 3.51. The molecule has 0 spiro atoms. The Morgan fingerprint density at radius 1 is 1.38 bits per heavy atom. The summed E-state index contributed by atoms with van der Waals surface area (Å²) in [7, 11) is 0. The normalized spacial score (nSPS) is 15.2. The lowest BCUT2D eigenvalue weighted by atomic mass is 10.0. The van der Waals surface area contributed by atoms with E-state index in [1.54, 1.807) is 19.1 Å². The van der Waals surface area contributed by atoms with Crippen LogP contribution >= 0.6 is 0 Å². The molecule has 2 aromatic rings. The van der Waals surface area contributed by atoms with Crippen molar-refractivity contribution in [2.24, 2.45) is 5.92 Å². The third-order valence-corrected chi connectivity index (χ3v) is 3.78. The van der Waals surface area contributed by atoms with Crippen molar-refractivity contribution in [2.75, 3.05) is 19.8 Å². The van der Waals surface area contributed by atoms with Gasteiger partial charge in [0.25, 0.3) is 5.91 Å². The van der Waals surface area contributed by atoms with Crippen LogP contribution in [0.15, 0.2) is 22.9 Å². The van der Waals surface area contributed by atoms with Crippen LogP contribution in [0.2, 0.25) is 0 Å². The van der Waals surface area contributed by atoms with Gasteiger partial charge in [0.2, 0.25) is 11.8 Å². The fourth-order valence-corrected chi connectivity index (χ4v) is 2.39. The van der Waals surface area contributed by atoms with Crippen molar-refractivity contribution in [3.63, 3.8) is 0 Å². The van der Waals surface area contributed by atoms with E-state index >= 15 is 0 Å². The van der Waals surface area contributed by atoms with E-state index in [0.29, 0.717) is 35.7 Å². The van der Waals surface area contributed by atoms with Crippen LogP contribution in [0.5, 0.6) is 5.88 Å². The Morgan fingerprint density at radius 3 is 2.88 bits per heavy atom. The molecule has 1 aliphatic rings. The Morgan fingerprint density at radius 2 is 2.21 bits per heavy atom. The number of carbonyl (C=O) groups excluding carboxylic acids is 1. The fourth-order valence-electron chi connectivity index (χ4n) is 2.39. The zero-order valence-corrected chi connectivity index (χ0v) is 13.5. The van der Waals surface area contributed by atoms with Crippen LogP contribution < -0.4 is 10.1 Å². The molecule has 1 N–H and O–H groups in total. The minimum Gasteiger partial charge on any atom is -0.477 e. The number of hydrogen-bond acceptors (Lipinski definition) is 7. The van der Waals surface area contributed by atoms with E-state index in [1.807, 2.05) is 0 Å². The Labute approximate surface area is 139 Å². The summed E-state index contributed by atoms with van der Waals surface area (Å²) in [5, 5.41) is 6.37. The van der Waals surface area contributed by atoms with E-state index in [1.165, 1.54) is 6.20 Å². The number of ether oxygens (including phenoxy) is 2. The minimum atomic E-state index is -0.255. The summed E-state index contributed by atoms with van der Waals surface area (Å²) >= 11 is 0. The van der Waals surface area contributed by atoms with Crippen LogP contribution in [0, 0.1) is 12.8 Å². The molecule has 3 rings (SSSR count). The third kappa shape index (κ3) is 4.51. The number of nitrogens with one attached hydrogen (secondary N) is 1. The quantitative estimate of drug-likeness (QED) is 0.856. The number of pyridine rings is 1. The van der Waals surface area contributed by atoms with E-state index in [0.717, 1.165) is 26.1 Å². The molecule has 24 heavy (non-hydrogen) atoms. The van der Waals surface area contributed by atoms with Crippen molar-refractivity contribution < 1.29 is 18.8 Å². The molecule has 0 saturated carbocycles. The van der Waals surface area contributed by atoms with Gasteiger partial charge >= 0.3 is 0 Å². The second kappa shape index (κ2) is 7.87. The zero-order valence-electron chi connectivity index (χ0n) is 13.5. The van der Waals surface area contributed by atoms with Crippen LogP contribution in [0.1, 0.15) is 34.9 Å². The second-order valence-electron chi connectivity index (χ2n) is 5.67. The predicted molar refractivity (Wildman–Crippen MR) is 83.5 cm³/mol. The molecule has 0 radical (unpaired) electrons. The molecule has 3 heterocycles. The number of carbonyl (C=O) groups is 1. The first-order chi connectivity index (χ1) is 11.7. The first kappa shape index (κ1) is 16.4. The maximum atomic E-state index is 12.0. The van der Waals surface area contributed by atoms with Crippen molar-refractivity contribution in [1.29, 1.82) is 0 Å². The smallest absolute Gasteiger partial charge is 0.253 e. The first-order valence-electron chi connectivity index (χ1n) is 7.94. The van der Waals surface area contributed by atoms with Crippen molar-refractivity contribution in [2.45, 2.75) is 26.3 Å². The highest BCUT2D eigenvalue weighted by Crippen LogP contribution is 2.16. The predicted octanol–water partition coefficient (Wildman–Crippen LogP) is 1.51. The van der Waals surface area contributed by atoms with Crippen LogP contribution in [-0.4, -0.2) is 40.9 Å². The highest BCUT2D eigenvalue weighted by molar-refractivity contribution is 5.93. The van der Waals surface area contributed by atoms with Gasteiger partial charge in [-0.25, -0.2) is 4.98 Å². The fraction of sp³-hybridized carbons (Fsp3) is 0.500. The van der Waals surface area contributed by atoms with Gasteiger partial charge in [-0.1, -0.05) is 5.16 Å². The molecule has 8 heteroatoms. The number of aromatic nitrogens is 3. The molecule has 1 saturated heterocycles. The lowest BCUT2D eigenvalue weighted by Gasteiger charge is -2.21. The van der Waals surface area contributed by atoms with E-state index in [-0.39, 0.29) is 12.5 Å². The van der Waals surface area contributed by atoms with Crippen molar-refractivity contribution in [3.8, 4) is 5.88 Å². The van der Waals surface area contributed by atoms with Gasteiger partial charge in [0.05, 0.1) is 18.7 Å². The van der Waals surface area contributed by atoms with Gasteiger partial charge < -0.3 is 19.3 Å². The average Bonchev–Trinajstić information content (AvgIpc) is 3.04. The third-order valence-electron chi connectivity index (χ3n) is 3.78. The standard InChI is InChI=1S/C16H20N4O4/c1-11-19-15(24-20-11)9-18-16(21)13-2-3-14(17-8-13)23-10-12-4-6-22-7-5-12/h2-3,8,12H,4-7,9-10H2,1H3,(H,18,21). The maximum Gasteiger partial charge on any atom is 0.253 e. The summed E-state index contributed by atoms with van der Waals surface area (Å²) in [6, 6.07) is 3.38. The monoisotopic (exact) mass is 332 g/mol. The molecule has 128 valence electrons. The summed E-state index contributed by atoms with van der Waals surface area (Å²) in [5.41, 5.74) is 0.449. The Bertz CT molecular complexity index is 665. The lowest BCUT2D eigenvalue weighted by molar-refractivity contribution is 0.0490. The summed E-state index contributed by atoms with van der Waals surface area (Å²) in [6.45, 7) is 4.11. The lowest BCUT2D eigenvalue weighted by Crippen LogP contribution is -2.23. The Balaban J connectivity index is 1.47. The van der Waals surface area contributed by atoms with E-state index in [2.05, 4.69) is 20.4 Å². The number of amides is 1. The topological polar surface area (TPSA) is 99.4 Å². The second-order valence-corrected chi connectivity index (χ2v) is 5.67. The van der Waals surface area contributed by atoms with E-state index in [9.17, 15) is 4.79 Å². The molecule has 0 aromatic carbocycles. The largest absolute Gasteiger partial charge is 0.477 e. The highest BCUT2D eigenvalue weighted by Gasteiger charge is 2.15. The molecule has 8 nitrogen and oxygen atoms in total. The highest BCUT2D eigenvalue weighted by atomic mass is 16.5. The molecule has 0 aliphatic carbocycles. The van der Waals surface area contributed by atoms with Crippen LogP contribution in [-0.2, 0) is 11.3 Å². The van der Waals surface area contributed by atoms with Crippen LogP contribution in [0.25, 0.3) is 0 Å². The van der Waals surface area contributed by atoms with Gasteiger partial charge in [-0.05, 0) is 31.7 Å². The minimum absolute atomic E-state index is 0.182. The van der Waals surface area contributed by atoms with Gasteiger partial charge in [0, 0.05) is 25.5 Å². The summed E-state index contributed by atoms with van der Waals surface area (Å²) < 4.78 is 15.9. The Hall–Kier alpha value is -2.48. The first-order valence-corrected chi connectivity index (χ1v) is 7.94. The van der Waals surface area contributed by atoms with Gasteiger partial charge in [-0.15, -0.1) is 0 Å². The molecule has 0 atom stereocenters. The number of rotatable bonds is 6. The molecular weight excluding hydrogens is 312 g/mol. The molecule has 0 unspecified atom stereocenters. The zero-order chi connectivity index (χ0) is 16.8. The van der Waals surface area contributed by atoms with Crippen molar-refractivity contribution in [3.05, 3.63) is 35.6 Å². The molecule has 0 bridgehead atoms.